The van der Waals surface area contributed by atoms with Crippen molar-refractivity contribution in [1.29, 1.82) is 0 Å². The van der Waals surface area contributed by atoms with Crippen molar-refractivity contribution >= 4 is 5.97 Å². The maximum absolute atomic E-state index is 10.7. The molecule has 0 aromatic heterocycles. The van der Waals surface area contributed by atoms with E-state index in [0.29, 0.717) is 0 Å². The molecular weight excluding hydrogens is 156 g/mol. The van der Waals surface area contributed by atoms with Crippen LogP contribution in [0.5, 0.6) is 0 Å². The zero-order valence-electron chi connectivity index (χ0n) is 7.71. The van der Waals surface area contributed by atoms with Gasteiger partial charge in [-0.25, -0.2) is 0 Å². The second-order valence-corrected chi connectivity index (χ2v) is 3.21. The largest absolute Gasteiger partial charge is 0.460 e. The van der Waals surface area contributed by atoms with Gasteiger partial charge in [-0.2, -0.15) is 0 Å². The quantitative estimate of drug-likeness (QED) is 0.592. The first-order valence-corrected chi connectivity index (χ1v) is 4.44. The Balaban J connectivity index is 2.41. The molecule has 0 N–H and O–H groups in total. The van der Waals surface area contributed by atoms with Crippen LogP contribution in [0.3, 0.4) is 0 Å². The van der Waals surface area contributed by atoms with E-state index in [1.165, 1.54) is 13.3 Å². The van der Waals surface area contributed by atoms with Gasteiger partial charge in [0, 0.05) is 14.0 Å². The van der Waals surface area contributed by atoms with Gasteiger partial charge in [-0.15, -0.1) is 0 Å². The lowest BCUT2D eigenvalue weighted by Gasteiger charge is -2.29. The molecular formula is C9H16O3. The maximum atomic E-state index is 10.7. The monoisotopic (exact) mass is 172 g/mol. The van der Waals surface area contributed by atoms with Crippen molar-refractivity contribution in [1.82, 2.24) is 0 Å². The summed E-state index contributed by atoms with van der Waals surface area (Å²) in [4.78, 5) is 10.7. The zero-order chi connectivity index (χ0) is 8.97. The van der Waals surface area contributed by atoms with Crippen molar-refractivity contribution in [2.75, 3.05) is 7.11 Å². The highest BCUT2D eigenvalue weighted by molar-refractivity contribution is 5.66. The van der Waals surface area contributed by atoms with Gasteiger partial charge in [0.15, 0.2) is 0 Å². The fraction of sp³-hybridized carbons (Fsp3) is 0.889. The molecule has 2 atom stereocenters. The van der Waals surface area contributed by atoms with Gasteiger partial charge in [-0.3, -0.25) is 4.79 Å². The highest BCUT2D eigenvalue weighted by Crippen LogP contribution is 2.23. The molecule has 1 aliphatic carbocycles. The molecule has 0 bridgehead atoms. The SMILES string of the molecule is CO[C@H]1CCCC[C@@H]1OC(C)=O. The summed E-state index contributed by atoms with van der Waals surface area (Å²) in [5.74, 6) is -0.205. The molecule has 3 heteroatoms. The molecule has 1 fully saturated rings. The number of hydrogen-bond donors (Lipinski definition) is 0. The number of carbonyl (C=O) groups excluding carboxylic acids is 1. The van der Waals surface area contributed by atoms with E-state index in [-0.39, 0.29) is 18.2 Å². The minimum absolute atomic E-state index is 0.0127. The van der Waals surface area contributed by atoms with Gasteiger partial charge in [0.2, 0.25) is 0 Å². The average molecular weight is 172 g/mol. The van der Waals surface area contributed by atoms with E-state index in [9.17, 15) is 4.79 Å². The number of carbonyl (C=O) groups is 1. The topological polar surface area (TPSA) is 35.5 Å². The molecule has 0 aromatic rings. The first-order valence-electron chi connectivity index (χ1n) is 4.44. The van der Waals surface area contributed by atoms with Crippen LogP contribution >= 0.6 is 0 Å². The first-order chi connectivity index (χ1) is 5.74. The molecule has 1 saturated carbocycles. The van der Waals surface area contributed by atoms with Crippen LogP contribution in [0.25, 0.3) is 0 Å². The fourth-order valence-electron chi connectivity index (χ4n) is 1.68. The predicted octanol–water partition coefficient (Wildman–Crippen LogP) is 1.51. The van der Waals surface area contributed by atoms with Crippen LogP contribution < -0.4 is 0 Å². The summed E-state index contributed by atoms with van der Waals surface area (Å²) in [5.41, 5.74) is 0. The molecule has 0 aliphatic heterocycles. The lowest BCUT2D eigenvalue weighted by atomic mass is 9.94. The van der Waals surface area contributed by atoms with E-state index in [1.54, 1.807) is 7.11 Å². The summed E-state index contributed by atoms with van der Waals surface area (Å²) in [6.07, 6.45) is 4.37. The van der Waals surface area contributed by atoms with Crippen LogP contribution in [0.1, 0.15) is 32.6 Å². The number of esters is 1. The summed E-state index contributed by atoms with van der Waals surface area (Å²) in [7, 11) is 1.67. The van der Waals surface area contributed by atoms with Crippen LogP contribution in [-0.4, -0.2) is 25.3 Å². The molecule has 0 amide bonds. The molecule has 70 valence electrons. The molecule has 0 heterocycles. The van der Waals surface area contributed by atoms with Crippen LogP contribution in [0.4, 0.5) is 0 Å². The summed E-state index contributed by atoms with van der Waals surface area (Å²) in [6, 6.07) is 0. The Bertz CT molecular complexity index is 156. The Labute approximate surface area is 73.0 Å². The lowest BCUT2D eigenvalue weighted by Crippen LogP contribution is -2.35. The van der Waals surface area contributed by atoms with E-state index < -0.39 is 0 Å². The van der Waals surface area contributed by atoms with Crippen molar-refractivity contribution in [3.63, 3.8) is 0 Å². The molecule has 3 nitrogen and oxygen atoms in total. The van der Waals surface area contributed by atoms with Crippen LogP contribution in [0, 0.1) is 0 Å². The van der Waals surface area contributed by atoms with Gasteiger partial charge < -0.3 is 9.47 Å². The van der Waals surface area contributed by atoms with E-state index in [2.05, 4.69) is 0 Å². The second kappa shape index (κ2) is 4.45. The number of hydrogen-bond acceptors (Lipinski definition) is 3. The summed E-state index contributed by atoms with van der Waals surface area (Å²) in [5, 5.41) is 0. The molecule has 1 rings (SSSR count). The van der Waals surface area contributed by atoms with Crippen molar-refractivity contribution in [3.05, 3.63) is 0 Å². The van der Waals surface area contributed by atoms with Gasteiger partial charge >= 0.3 is 5.97 Å². The van der Waals surface area contributed by atoms with Gasteiger partial charge in [0.1, 0.15) is 6.10 Å². The number of methoxy groups -OCH3 is 1. The smallest absolute Gasteiger partial charge is 0.302 e. The highest BCUT2D eigenvalue weighted by atomic mass is 16.6. The first kappa shape index (κ1) is 9.52. The maximum Gasteiger partial charge on any atom is 0.302 e. The third-order valence-corrected chi connectivity index (χ3v) is 2.26. The molecule has 0 unspecified atom stereocenters. The summed E-state index contributed by atoms with van der Waals surface area (Å²) < 4.78 is 10.4. The van der Waals surface area contributed by atoms with Gasteiger partial charge in [0.25, 0.3) is 0 Å². The molecule has 1 aliphatic rings. The van der Waals surface area contributed by atoms with Gasteiger partial charge in [-0.1, -0.05) is 6.42 Å². The van der Waals surface area contributed by atoms with Crippen LogP contribution in [0.2, 0.25) is 0 Å². The molecule has 0 radical (unpaired) electrons. The van der Waals surface area contributed by atoms with Crippen molar-refractivity contribution in [2.24, 2.45) is 0 Å². The average Bonchev–Trinajstić information content (AvgIpc) is 2.04. The lowest BCUT2D eigenvalue weighted by molar-refractivity contribution is -0.156. The Morgan fingerprint density at radius 2 is 1.83 bits per heavy atom. The van der Waals surface area contributed by atoms with Crippen molar-refractivity contribution in [3.8, 4) is 0 Å². The van der Waals surface area contributed by atoms with Crippen LogP contribution in [0.15, 0.2) is 0 Å². The minimum Gasteiger partial charge on any atom is -0.460 e. The Morgan fingerprint density at radius 1 is 1.25 bits per heavy atom. The Hall–Kier alpha value is -0.570. The third kappa shape index (κ3) is 2.48. The summed E-state index contributed by atoms with van der Waals surface area (Å²) >= 11 is 0. The van der Waals surface area contributed by atoms with Gasteiger partial charge in [-0.05, 0) is 19.3 Å². The Morgan fingerprint density at radius 3 is 2.33 bits per heavy atom. The number of ether oxygens (including phenoxy) is 2. The standard InChI is InChI=1S/C9H16O3/c1-7(10)12-9-6-4-3-5-8(9)11-2/h8-9H,3-6H2,1-2H3/t8-,9-/m0/s1. The van der Waals surface area contributed by atoms with E-state index in [1.807, 2.05) is 0 Å². The van der Waals surface area contributed by atoms with Crippen molar-refractivity contribution < 1.29 is 14.3 Å². The summed E-state index contributed by atoms with van der Waals surface area (Å²) in [6.45, 7) is 1.45. The van der Waals surface area contributed by atoms with E-state index in [0.717, 1.165) is 19.3 Å². The Kier molecular flexibility index (Phi) is 3.53. The molecule has 0 spiro atoms. The third-order valence-electron chi connectivity index (χ3n) is 2.26. The molecule has 12 heavy (non-hydrogen) atoms. The zero-order valence-corrected chi connectivity index (χ0v) is 7.71. The minimum atomic E-state index is -0.205. The van der Waals surface area contributed by atoms with Crippen LogP contribution in [-0.2, 0) is 14.3 Å². The van der Waals surface area contributed by atoms with Crippen molar-refractivity contribution in [2.45, 2.75) is 44.8 Å². The predicted molar refractivity (Wildman–Crippen MR) is 44.8 cm³/mol. The normalized spacial score (nSPS) is 29.8. The van der Waals surface area contributed by atoms with Gasteiger partial charge in [0.05, 0.1) is 6.10 Å². The number of rotatable bonds is 2. The van der Waals surface area contributed by atoms with E-state index in [4.69, 9.17) is 9.47 Å². The second-order valence-electron chi connectivity index (χ2n) is 3.21. The highest BCUT2D eigenvalue weighted by Gasteiger charge is 2.26. The van der Waals surface area contributed by atoms with E-state index >= 15 is 0 Å². The molecule has 0 saturated heterocycles. The fourth-order valence-corrected chi connectivity index (χ4v) is 1.68. The molecule has 0 aromatic carbocycles.